The van der Waals surface area contributed by atoms with Crippen LogP contribution in [0.1, 0.15) is 17.5 Å². The van der Waals surface area contributed by atoms with Gasteiger partial charge in [0.2, 0.25) is 5.91 Å². The molecule has 4 heteroatoms. The zero-order valence-corrected chi connectivity index (χ0v) is 10.8. The van der Waals surface area contributed by atoms with Crippen LogP contribution in [0.5, 0.6) is 0 Å². The number of hydrogen-bond donors (Lipinski definition) is 1. The molecule has 0 bridgehead atoms. The monoisotopic (exact) mass is 252 g/mol. The molecule has 92 valence electrons. The van der Waals surface area contributed by atoms with Crippen molar-refractivity contribution in [3.05, 3.63) is 34.3 Å². The second-order valence-corrected chi connectivity index (χ2v) is 4.88. The summed E-state index contributed by atoms with van der Waals surface area (Å²) in [5.74, 6) is 0.153. The first-order valence-corrected chi connectivity index (χ1v) is 6.27. The second kappa shape index (κ2) is 5.52. The van der Waals surface area contributed by atoms with Crippen LogP contribution in [0.2, 0.25) is 5.02 Å². The standard InChI is InChI=1S/C13H17ClN2O/c1-10-8-12(14)3-2-11(10)9-16-6-4-13(17)15-5-7-16/h2-3,8H,4-7,9H2,1H3,(H,15,17). The molecule has 17 heavy (non-hydrogen) atoms. The number of nitrogens with one attached hydrogen (secondary N) is 1. The molecular formula is C13H17ClN2O. The first-order valence-electron chi connectivity index (χ1n) is 5.89. The van der Waals surface area contributed by atoms with Gasteiger partial charge in [-0.25, -0.2) is 0 Å². The molecule has 0 radical (unpaired) electrons. The average Bonchev–Trinajstić information content (AvgIpc) is 2.48. The molecule has 0 unspecified atom stereocenters. The first-order chi connectivity index (χ1) is 8.15. The van der Waals surface area contributed by atoms with Crippen LogP contribution in [0, 0.1) is 6.92 Å². The zero-order chi connectivity index (χ0) is 12.3. The van der Waals surface area contributed by atoms with Crippen molar-refractivity contribution in [2.75, 3.05) is 19.6 Å². The topological polar surface area (TPSA) is 32.3 Å². The van der Waals surface area contributed by atoms with E-state index in [0.717, 1.165) is 31.2 Å². The summed E-state index contributed by atoms with van der Waals surface area (Å²) < 4.78 is 0. The molecule has 1 aliphatic heterocycles. The van der Waals surface area contributed by atoms with Crippen molar-refractivity contribution in [1.29, 1.82) is 0 Å². The van der Waals surface area contributed by atoms with Gasteiger partial charge >= 0.3 is 0 Å². The summed E-state index contributed by atoms with van der Waals surface area (Å²) in [4.78, 5) is 13.5. The molecule has 0 atom stereocenters. The molecule has 3 nitrogen and oxygen atoms in total. The van der Waals surface area contributed by atoms with Gasteiger partial charge in [0, 0.05) is 37.6 Å². The van der Waals surface area contributed by atoms with Gasteiger partial charge in [0.15, 0.2) is 0 Å². The van der Waals surface area contributed by atoms with E-state index in [1.165, 1.54) is 11.1 Å². The molecule has 1 saturated heterocycles. The smallest absolute Gasteiger partial charge is 0.221 e. The van der Waals surface area contributed by atoms with Crippen LogP contribution in [-0.2, 0) is 11.3 Å². The van der Waals surface area contributed by atoms with Gasteiger partial charge in [-0.2, -0.15) is 0 Å². The largest absolute Gasteiger partial charge is 0.355 e. The van der Waals surface area contributed by atoms with E-state index in [1.807, 2.05) is 12.1 Å². The summed E-state index contributed by atoms with van der Waals surface area (Å²) in [6.45, 7) is 5.44. The Morgan fingerprint density at radius 1 is 1.41 bits per heavy atom. The van der Waals surface area contributed by atoms with Crippen molar-refractivity contribution < 1.29 is 4.79 Å². The normalized spacial score (nSPS) is 17.6. The van der Waals surface area contributed by atoms with Crippen LogP contribution in [0.3, 0.4) is 0 Å². The number of halogens is 1. The maximum Gasteiger partial charge on any atom is 0.221 e. The van der Waals surface area contributed by atoms with Crippen LogP contribution in [0.25, 0.3) is 0 Å². The number of benzene rings is 1. The minimum absolute atomic E-state index is 0.153. The molecule has 1 aromatic carbocycles. The Morgan fingerprint density at radius 2 is 2.24 bits per heavy atom. The Balaban J connectivity index is 2.02. The summed E-state index contributed by atoms with van der Waals surface area (Å²) >= 11 is 5.94. The van der Waals surface area contributed by atoms with E-state index >= 15 is 0 Å². The van der Waals surface area contributed by atoms with Crippen molar-refractivity contribution in [3.8, 4) is 0 Å². The number of nitrogens with zero attached hydrogens (tertiary/aromatic N) is 1. The number of amides is 1. The Bertz CT molecular complexity index is 420. The Kier molecular flexibility index (Phi) is 4.02. The number of carbonyl (C=O) groups excluding carboxylic acids is 1. The molecule has 0 aliphatic carbocycles. The second-order valence-electron chi connectivity index (χ2n) is 4.45. The van der Waals surface area contributed by atoms with E-state index in [9.17, 15) is 4.79 Å². The molecular weight excluding hydrogens is 236 g/mol. The SMILES string of the molecule is Cc1cc(Cl)ccc1CN1CCNC(=O)CC1. The molecule has 0 spiro atoms. The zero-order valence-electron chi connectivity index (χ0n) is 10.0. The predicted octanol–water partition coefficient (Wildman–Crippen LogP) is 1.97. The minimum Gasteiger partial charge on any atom is -0.355 e. The minimum atomic E-state index is 0.153. The lowest BCUT2D eigenvalue weighted by molar-refractivity contribution is -0.120. The van der Waals surface area contributed by atoms with Crippen molar-refractivity contribution in [2.24, 2.45) is 0 Å². The van der Waals surface area contributed by atoms with Gasteiger partial charge < -0.3 is 5.32 Å². The number of rotatable bonds is 2. The van der Waals surface area contributed by atoms with Gasteiger partial charge in [-0.3, -0.25) is 9.69 Å². The summed E-state index contributed by atoms with van der Waals surface area (Å²) in [5.41, 5.74) is 2.49. The fourth-order valence-corrected chi connectivity index (χ4v) is 2.28. The van der Waals surface area contributed by atoms with Crippen molar-refractivity contribution in [2.45, 2.75) is 19.9 Å². The molecule has 1 aliphatic rings. The summed E-state index contributed by atoms with van der Waals surface area (Å²) in [7, 11) is 0. The van der Waals surface area contributed by atoms with E-state index in [-0.39, 0.29) is 5.91 Å². The van der Waals surface area contributed by atoms with E-state index in [0.29, 0.717) is 6.42 Å². The molecule has 0 aromatic heterocycles. The van der Waals surface area contributed by atoms with E-state index in [1.54, 1.807) is 0 Å². The number of carbonyl (C=O) groups is 1. The highest BCUT2D eigenvalue weighted by Gasteiger charge is 2.14. The van der Waals surface area contributed by atoms with E-state index in [4.69, 9.17) is 11.6 Å². The van der Waals surface area contributed by atoms with Crippen molar-refractivity contribution in [3.63, 3.8) is 0 Å². The maximum atomic E-state index is 11.2. The van der Waals surface area contributed by atoms with Gasteiger partial charge in [0.1, 0.15) is 0 Å². The lowest BCUT2D eigenvalue weighted by Gasteiger charge is -2.20. The highest BCUT2D eigenvalue weighted by molar-refractivity contribution is 6.30. The van der Waals surface area contributed by atoms with Gasteiger partial charge in [-0.1, -0.05) is 17.7 Å². The lowest BCUT2D eigenvalue weighted by Crippen LogP contribution is -2.28. The van der Waals surface area contributed by atoms with Crippen LogP contribution in [-0.4, -0.2) is 30.4 Å². The molecule has 1 N–H and O–H groups in total. The summed E-state index contributed by atoms with van der Waals surface area (Å²) in [6.07, 6.45) is 0.590. The van der Waals surface area contributed by atoms with Crippen LogP contribution >= 0.6 is 11.6 Å². The fraction of sp³-hybridized carbons (Fsp3) is 0.462. The van der Waals surface area contributed by atoms with Crippen LogP contribution in [0.4, 0.5) is 0 Å². The highest BCUT2D eigenvalue weighted by atomic mass is 35.5. The van der Waals surface area contributed by atoms with Gasteiger partial charge in [0.25, 0.3) is 0 Å². The Hall–Kier alpha value is -1.06. The number of hydrogen-bond acceptors (Lipinski definition) is 2. The third-order valence-electron chi connectivity index (χ3n) is 3.10. The third kappa shape index (κ3) is 3.45. The summed E-state index contributed by atoms with van der Waals surface area (Å²) in [5, 5.41) is 3.66. The molecule has 0 saturated carbocycles. The van der Waals surface area contributed by atoms with E-state index in [2.05, 4.69) is 23.2 Å². The van der Waals surface area contributed by atoms with Crippen molar-refractivity contribution in [1.82, 2.24) is 10.2 Å². The van der Waals surface area contributed by atoms with Crippen LogP contribution < -0.4 is 5.32 Å². The number of aryl methyl sites for hydroxylation is 1. The molecule has 1 aromatic rings. The molecule has 1 amide bonds. The summed E-state index contributed by atoms with van der Waals surface area (Å²) in [6, 6.07) is 5.97. The van der Waals surface area contributed by atoms with E-state index < -0.39 is 0 Å². The average molecular weight is 253 g/mol. The molecule has 1 heterocycles. The molecule has 1 fully saturated rings. The quantitative estimate of drug-likeness (QED) is 0.873. The maximum absolute atomic E-state index is 11.2. The third-order valence-corrected chi connectivity index (χ3v) is 3.34. The van der Waals surface area contributed by atoms with Crippen LogP contribution in [0.15, 0.2) is 18.2 Å². The first kappa shape index (κ1) is 12.4. The van der Waals surface area contributed by atoms with Gasteiger partial charge in [0.05, 0.1) is 0 Å². The van der Waals surface area contributed by atoms with Crippen molar-refractivity contribution >= 4 is 17.5 Å². The fourth-order valence-electron chi connectivity index (χ4n) is 2.05. The Morgan fingerprint density at radius 3 is 3.00 bits per heavy atom. The lowest BCUT2D eigenvalue weighted by atomic mass is 10.1. The highest BCUT2D eigenvalue weighted by Crippen LogP contribution is 2.17. The Labute approximate surface area is 107 Å². The van der Waals surface area contributed by atoms with Gasteiger partial charge in [-0.05, 0) is 30.2 Å². The van der Waals surface area contributed by atoms with Gasteiger partial charge in [-0.15, -0.1) is 0 Å². The molecule has 2 rings (SSSR count). The predicted molar refractivity (Wildman–Crippen MR) is 69.1 cm³/mol.